The van der Waals surface area contributed by atoms with Crippen molar-refractivity contribution in [1.82, 2.24) is 9.88 Å². The molecule has 0 radical (unpaired) electrons. The number of likely N-dealkylation sites (N-methyl/N-ethyl adjacent to an activating group) is 1. The first kappa shape index (κ1) is 17.8. The summed E-state index contributed by atoms with van der Waals surface area (Å²) < 4.78 is 5.30. The van der Waals surface area contributed by atoms with Crippen molar-refractivity contribution in [3.63, 3.8) is 0 Å². The van der Waals surface area contributed by atoms with Crippen molar-refractivity contribution in [2.24, 2.45) is 0 Å². The van der Waals surface area contributed by atoms with Gasteiger partial charge in [0.1, 0.15) is 11.6 Å². The van der Waals surface area contributed by atoms with Crippen LogP contribution in [0, 0.1) is 6.92 Å². The molecular formula is C23H27N3O. The highest BCUT2D eigenvalue weighted by Crippen LogP contribution is 2.32. The molecule has 4 nitrogen and oxygen atoms in total. The van der Waals surface area contributed by atoms with E-state index >= 15 is 0 Å². The molecule has 0 unspecified atom stereocenters. The number of piperazine rings is 1. The summed E-state index contributed by atoms with van der Waals surface area (Å²) in [7, 11) is 1.70. The molecular weight excluding hydrogens is 334 g/mol. The summed E-state index contributed by atoms with van der Waals surface area (Å²) in [6.07, 6.45) is 0. The summed E-state index contributed by atoms with van der Waals surface area (Å²) in [5.41, 5.74) is 3.43. The highest BCUT2D eigenvalue weighted by molar-refractivity contribution is 5.97. The Morgan fingerprint density at radius 3 is 2.37 bits per heavy atom. The van der Waals surface area contributed by atoms with Gasteiger partial charge in [0.25, 0.3) is 0 Å². The Hall–Kier alpha value is -2.59. The predicted molar refractivity (Wildman–Crippen MR) is 113 cm³/mol. The molecule has 0 N–H and O–H groups in total. The number of hydrogen-bond donors (Lipinski definition) is 0. The molecule has 4 heteroatoms. The van der Waals surface area contributed by atoms with Crippen LogP contribution in [0.4, 0.5) is 5.82 Å². The largest absolute Gasteiger partial charge is 0.497 e. The second-order valence-electron chi connectivity index (χ2n) is 7.15. The number of aromatic nitrogens is 1. The second kappa shape index (κ2) is 7.57. The van der Waals surface area contributed by atoms with Gasteiger partial charge in [0, 0.05) is 37.1 Å². The van der Waals surface area contributed by atoms with Gasteiger partial charge >= 0.3 is 0 Å². The first-order valence-corrected chi connectivity index (χ1v) is 9.71. The standard InChI is InChI=1S/C23H27N3O/c1-4-25-12-14-26(15-13-25)23-20-7-5-6-17(2)21(20)16-22(24-23)18-8-10-19(27-3)11-9-18/h5-11,16H,4,12-15H2,1-3H3. The Bertz CT molecular complexity index is 928. The van der Waals surface area contributed by atoms with Crippen molar-refractivity contribution in [1.29, 1.82) is 0 Å². The summed E-state index contributed by atoms with van der Waals surface area (Å²) in [5.74, 6) is 1.98. The number of benzene rings is 2. The van der Waals surface area contributed by atoms with Crippen LogP contribution < -0.4 is 9.64 Å². The maximum absolute atomic E-state index is 5.30. The fourth-order valence-electron chi connectivity index (χ4n) is 3.84. The van der Waals surface area contributed by atoms with Crippen LogP contribution in [0.1, 0.15) is 12.5 Å². The molecule has 1 aliphatic heterocycles. The topological polar surface area (TPSA) is 28.6 Å². The fraction of sp³-hybridized carbons (Fsp3) is 0.348. The van der Waals surface area contributed by atoms with Crippen LogP contribution in [0.5, 0.6) is 5.75 Å². The van der Waals surface area contributed by atoms with Crippen LogP contribution in [0.25, 0.3) is 22.0 Å². The van der Waals surface area contributed by atoms with Crippen LogP contribution in [-0.4, -0.2) is 49.7 Å². The molecule has 0 atom stereocenters. The first-order valence-electron chi connectivity index (χ1n) is 9.71. The maximum Gasteiger partial charge on any atom is 0.137 e. The summed E-state index contributed by atoms with van der Waals surface area (Å²) >= 11 is 0. The van der Waals surface area contributed by atoms with E-state index in [-0.39, 0.29) is 0 Å². The van der Waals surface area contributed by atoms with Crippen LogP contribution >= 0.6 is 0 Å². The third-order valence-electron chi connectivity index (χ3n) is 5.58. The number of anilines is 1. The lowest BCUT2D eigenvalue weighted by Crippen LogP contribution is -2.46. The minimum absolute atomic E-state index is 0.867. The minimum Gasteiger partial charge on any atom is -0.497 e. The van der Waals surface area contributed by atoms with Gasteiger partial charge in [-0.2, -0.15) is 0 Å². The highest BCUT2D eigenvalue weighted by atomic mass is 16.5. The third kappa shape index (κ3) is 3.50. The monoisotopic (exact) mass is 361 g/mol. The Balaban J connectivity index is 1.80. The normalized spacial score (nSPS) is 15.3. The molecule has 3 aromatic rings. The molecule has 1 fully saturated rings. The van der Waals surface area contributed by atoms with E-state index in [1.165, 1.54) is 16.3 Å². The van der Waals surface area contributed by atoms with E-state index in [2.05, 4.69) is 60.0 Å². The predicted octanol–water partition coefficient (Wildman–Crippen LogP) is 4.36. The molecule has 0 amide bonds. The first-order chi connectivity index (χ1) is 13.2. The molecule has 140 valence electrons. The molecule has 0 aliphatic carbocycles. The van der Waals surface area contributed by atoms with Gasteiger partial charge in [0.2, 0.25) is 0 Å². The lowest BCUT2D eigenvalue weighted by atomic mass is 10.0. The van der Waals surface area contributed by atoms with E-state index in [1.807, 2.05) is 12.1 Å². The smallest absolute Gasteiger partial charge is 0.137 e. The molecule has 27 heavy (non-hydrogen) atoms. The van der Waals surface area contributed by atoms with Crippen molar-refractivity contribution < 1.29 is 4.74 Å². The SMILES string of the molecule is CCN1CCN(c2nc(-c3ccc(OC)cc3)cc3c(C)cccc23)CC1. The molecule has 1 saturated heterocycles. The average Bonchev–Trinajstić information content (AvgIpc) is 2.73. The number of rotatable bonds is 4. The van der Waals surface area contributed by atoms with Gasteiger partial charge in [0.05, 0.1) is 12.8 Å². The molecule has 0 spiro atoms. The average molecular weight is 361 g/mol. The van der Waals surface area contributed by atoms with Crippen molar-refractivity contribution in [2.45, 2.75) is 13.8 Å². The van der Waals surface area contributed by atoms with Crippen LogP contribution in [0.3, 0.4) is 0 Å². The molecule has 0 saturated carbocycles. The Labute approximate surface area is 161 Å². The third-order valence-corrected chi connectivity index (χ3v) is 5.58. The van der Waals surface area contributed by atoms with Crippen molar-refractivity contribution >= 4 is 16.6 Å². The van der Waals surface area contributed by atoms with Gasteiger partial charge in [-0.15, -0.1) is 0 Å². The summed E-state index contributed by atoms with van der Waals surface area (Å²) in [4.78, 5) is 10.1. The molecule has 2 heterocycles. The van der Waals surface area contributed by atoms with E-state index in [9.17, 15) is 0 Å². The van der Waals surface area contributed by atoms with Gasteiger partial charge in [-0.25, -0.2) is 4.98 Å². The molecule has 1 aromatic heterocycles. The van der Waals surface area contributed by atoms with E-state index < -0.39 is 0 Å². The molecule has 1 aliphatic rings. The van der Waals surface area contributed by atoms with Crippen LogP contribution in [-0.2, 0) is 0 Å². The highest BCUT2D eigenvalue weighted by Gasteiger charge is 2.20. The number of nitrogens with zero attached hydrogens (tertiary/aromatic N) is 3. The van der Waals surface area contributed by atoms with Crippen LogP contribution in [0.15, 0.2) is 48.5 Å². The summed E-state index contributed by atoms with van der Waals surface area (Å²) in [6.45, 7) is 9.77. The van der Waals surface area contributed by atoms with E-state index in [0.717, 1.165) is 55.5 Å². The quantitative estimate of drug-likeness (QED) is 0.690. The summed E-state index contributed by atoms with van der Waals surface area (Å²) in [5, 5.41) is 2.53. The van der Waals surface area contributed by atoms with Crippen molar-refractivity contribution in [3.05, 3.63) is 54.1 Å². The zero-order valence-electron chi connectivity index (χ0n) is 16.4. The zero-order chi connectivity index (χ0) is 18.8. The lowest BCUT2D eigenvalue weighted by Gasteiger charge is -2.35. The Morgan fingerprint density at radius 2 is 1.70 bits per heavy atom. The van der Waals surface area contributed by atoms with Gasteiger partial charge < -0.3 is 14.5 Å². The number of fused-ring (bicyclic) bond motifs is 1. The number of ether oxygens (including phenoxy) is 1. The number of methoxy groups -OCH3 is 1. The molecule has 0 bridgehead atoms. The van der Waals surface area contributed by atoms with E-state index in [4.69, 9.17) is 9.72 Å². The van der Waals surface area contributed by atoms with Gasteiger partial charge in [-0.1, -0.05) is 25.1 Å². The molecule has 4 rings (SSSR count). The Kier molecular flexibility index (Phi) is 4.99. The van der Waals surface area contributed by atoms with E-state index in [0.29, 0.717) is 0 Å². The number of pyridine rings is 1. The molecule has 2 aromatic carbocycles. The van der Waals surface area contributed by atoms with E-state index in [1.54, 1.807) is 7.11 Å². The second-order valence-corrected chi connectivity index (χ2v) is 7.15. The number of hydrogen-bond acceptors (Lipinski definition) is 4. The maximum atomic E-state index is 5.30. The van der Waals surface area contributed by atoms with Gasteiger partial charge in [0.15, 0.2) is 0 Å². The van der Waals surface area contributed by atoms with Gasteiger partial charge in [-0.05, 0) is 54.8 Å². The fourth-order valence-corrected chi connectivity index (χ4v) is 3.84. The summed E-state index contributed by atoms with van der Waals surface area (Å²) in [6, 6.07) is 16.9. The lowest BCUT2D eigenvalue weighted by molar-refractivity contribution is 0.271. The number of aryl methyl sites for hydroxylation is 1. The van der Waals surface area contributed by atoms with Gasteiger partial charge in [-0.3, -0.25) is 0 Å². The van der Waals surface area contributed by atoms with Crippen LogP contribution in [0.2, 0.25) is 0 Å². The minimum atomic E-state index is 0.867. The van der Waals surface area contributed by atoms with Crippen molar-refractivity contribution in [2.75, 3.05) is 44.7 Å². The van der Waals surface area contributed by atoms with Crippen molar-refractivity contribution in [3.8, 4) is 17.0 Å². The zero-order valence-corrected chi connectivity index (χ0v) is 16.4. The Morgan fingerprint density at radius 1 is 0.963 bits per heavy atom.